The highest BCUT2D eigenvalue weighted by atomic mass is 35.5. The Morgan fingerprint density at radius 1 is 1.00 bits per heavy atom. The van der Waals surface area contributed by atoms with Crippen LogP contribution in [0.25, 0.3) is 11.3 Å². The van der Waals surface area contributed by atoms with Crippen molar-refractivity contribution >= 4 is 11.6 Å². The molecule has 5 heteroatoms. The fourth-order valence-electron chi connectivity index (χ4n) is 1.67. The first-order valence-electron chi connectivity index (χ1n) is 5.37. The van der Waals surface area contributed by atoms with E-state index in [4.69, 9.17) is 21.1 Å². The van der Waals surface area contributed by atoms with E-state index in [0.717, 1.165) is 11.3 Å². The number of benzene rings is 1. The molecule has 0 aliphatic carbocycles. The van der Waals surface area contributed by atoms with Gasteiger partial charge in [0.2, 0.25) is 0 Å². The molecular formula is C13H13ClN2O2. The van der Waals surface area contributed by atoms with Crippen molar-refractivity contribution in [2.45, 2.75) is 6.92 Å². The van der Waals surface area contributed by atoms with Crippen LogP contribution in [0, 0.1) is 6.92 Å². The summed E-state index contributed by atoms with van der Waals surface area (Å²) in [6.07, 6.45) is 0. The Morgan fingerprint density at radius 3 is 2.33 bits per heavy atom. The molecule has 94 valence electrons. The molecule has 18 heavy (non-hydrogen) atoms. The standard InChI is InChI=1S/C13H13ClN2O2/c1-8-15-10(7-13(14)16-8)9-4-5-11(17-2)12(6-9)18-3/h4-7H,1-3H3. The van der Waals surface area contributed by atoms with Crippen LogP contribution in [0.1, 0.15) is 5.82 Å². The summed E-state index contributed by atoms with van der Waals surface area (Å²) in [5, 5.41) is 0.423. The minimum absolute atomic E-state index is 0.423. The quantitative estimate of drug-likeness (QED) is 0.799. The van der Waals surface area contributed by atoms with Crippen LogP contribution in [0.2, 0.25) is 5.15 Å². The van der Waals surface area contributed by atoms with Gasteiger partial charge in [-0.1, -0.05) is 11.6 Å². The van der Waals surface area contributed by atoms with Gasteiger partial charge in [-0.05, 0) is 25.1 Å². The molecule has 0 radical (unpaired) electrons. The van der Waals surface area contributed by atoms with E-state index in [1.165, 1.54) is 0 Å². The van der Waals surface area contributed by atoms with Crippen LogP contribution in [0.15, 0.2) is 24.3 Å². The summed E-state index contributed by atoms with van der Waals surface area (Å²) in [6, 6.07) is 7.31. The highest BCUT2D eigenvalue weighted by Gasteiger charge is 2.08. The number of hydrogen-bond acceptors (Lipinski definition) is 4. The first-order chi connectivity index (χ1) is 8.63. The summed E-state index contributed by atoms with van der Waals surface area (Å²) >= 11 is 5.93. The Morgan fingerprint density at radius 2 is 1.72 bits per heavy atom. The number of rotatable bonds is 3. The fraction of sp³-hybridized carbons (Fsp3) is 0.231. The Kier molecular flexibility index (Phi) is 3.67. The maximum Gasteiger partial charge on any atom is 0.161 e. The third kappa shape index (κ3) is 2.54. The second kappa shape index (κ2) is 5.23. The van der Waals surface area contributed by atoms with Crippen LogP contribution in [0.5, 0.6) is 11.5 Å². The van der Waals surface area contributed by atoms with E-state index in [2.05, 4.69) is 9.97 Å². The van der Waals surface area contributed by atoms with Crippen molar-refractivity contribution in [3.8, 4) is 22.8 Å². The van der Waals surface area contributed by atoms with Crippen LogP contribution in [-0.4, -0.2) is 24.2 Å². The molecule has 4 nitrogen and oxygen atoms in total. The highest BCUT2D eigenvalue weighted by Crippen LogP contribution is 2.32. The second-order valence-electron chi connectivity index (χ2n) is 3.69. The number of aryl methyl sites for hydroxylation is 1. The third-order valence-electron chi connectivity index (χ3n) is 2.49. The summed E-state index contributed by atoms with van der Waals surface area (Å²) in [5.41, 5.74) is 1.66. The summed E-state index contributed by atoms with van der Waals surface area (Å²) < 4.78 is 10.4. The lowest BCUT2D eigenvalue weighted by atomic mass is 10.1. The third-order valence-corrected chi connectivity index (χ3v) is 2.68. The second-order valence-corrected chi connectivity index (χ2v) is 4.08. The van der Waals surface area contributed by atoms with Gasteiger partial charge in [-0.2, -0.15) is 0 Å². The minimum atomic E-state index is 0.423. The molecule has 0 aliphatic heterocycles. The molecule has 0 bridgehead atoms. The van der Waals surface area contributed by atoms with Crippen molar-refractivity contribution in [1.29, 1.82) is 0 Å². The molecule has 0 N–H and O–H groups in total. The van der Waals surface area contributed by atoms with Crippen molar-refractivity contribution in [3.63, 3.8) is 0 Å². The van der Waals surface area contributed by atoms with Gasteiger partial charge in [0.25, 0.3) is 0 Å². The highest BCUT2D eigenvalue weighted by molar-refractivity contribution is 6.29. The van der Waals surface area contributed by atoms with Gasteiger partial charge in [-0.3, -0.25) is 0 Å². The Bertz CT molecular complexity index is 553. The molecule has 0 aliphatic rings. The molecule has 1 heterocycles. The molecule has 0 amide bonds. The fourth-order valence-corrected chi connectivity index (χ4v) is 1.90. The van der Waals surface area contributed by atoms with Crippen LogP contribution in [-0.2, 0) is 0 Å². The van der Waals surface area contributed by atoms with Crippen molar-refractivity contribution in [1.82, 2.24) is 9.97 Å². The van der Waals surface area contributed by atoms with Crippen LogP contribution >= 0.6 is 11.6 Å². The number of ether oxygens (including phenoxy) is 2. The van der Waals surface area contributed by atoms with Crippen LogP contribution in [0.3, 0.4) is 0 Å². The molecule has 1 aromatic heterocycles. The number of halogens is 1. The van der Waals surface area contributed by atoms with Gasteiger partial charge in [0.15, 0.2) is 11.5 Å². The largest absolute Gasteiger partial charge is 0.493 e. The van der Waals surface area contributed by atoms with Crippen LogP contribution < -0.4 is 9.47 Å². The first-order valence-corrected chi connectivity index (χ1v) is 5.75. The minimum Gasteiger partial charge on any atom is -0.493 e. The predicted octanol–water partition coefficient (Wildman–Crippen LogP) is 3.12. The zero-order valence-electron chi connectivity index (χ0n) is 10.4. The van der Waals surface area contributed by atoms with Gasteiger partial charge >= 0.3 is 0 Å². The Balaban J connectivity index is 2.50. The van der Waals surface area contributed by atoms with E-state index in [0.29, 0.717) is 22.5 Å². The maximum absolute atomic E-state index is 5.93. The van der Waals surface area contributed by atoms with Gasteiger partial charge in [0.1, 0.15) is 11.0 Å². The van der Waals surface area contributed by atoms with E-state index in [9.17, 15) is 0 Å². The molecular weight excluding hydrogens is 252 g/mol. The summed E-state index contributed by atoms with van der Waals surface area (Å²) in [7, 11) is 3.20. The van der Waals surface area contributed by atoms with E-state index in [1.54, 1.807) is 27.2 Å². The summed E-state index contributed by atoms with van der Waals surface area (Å²) in [4.78, 5) is 8.38. The van der Waals surface area contributed by atoms with Gasteiger partial charge in [-0.15, -0.1) is 0 Å². The maximum atomic E-state index is 5.93. The van der Waals surface area contributed by atoms with Crippen LogP contribution in [0.4, 0.5) is 0 Å². The zero-order valence-corrected chi connectivity index (χ0v) is 11.2. The van der Waals surface area contributed by atoms with Crippen molar-refractivity contribution < 1.29 is 9.47 Å². The zero-order chi connectivity index (χ0) is 13.1. The number of nitrogens with zero attached hydrogens (tertiary/aromatic N) is 2. The lowest BCUT2D eigenvalue weighted by molar-refractivity contribution is 0.355. The lowest BCUT2D eigenvalue weighted by Gasteiger charge is -2.09. The molecule has 1 aromatic carbocycles. The van der Waals surface area contributed by atoms with Gasteiger partial charge in [0, 0.05) is 11.6 Å². The van der Waals surface area contributed by atoms with Gasteiger partial charge in [-0.25, -0.2) is 9.97 Å². The van der Waals surface area contributed by atoms with Crippen molar-refractivity contribution in [2.24, 2.45) is 0 Å². The molecule has 0 fully saturated rings. The molecule has 2 rings (SSSR count). The molecule has 0 atom stereocenters. The molecule has 0 spiro atoms. The smallest absolute Gasteiger partial charge is 0.161 e. The lowest BCUT2D eigenvalue weighted by Crippen LogP contribution is -1.94. The molecule has 0 saturated carbocycles. The normalized spacial score (nSPS) is 10.2. The Labute approximate surface area is 111 Å². The molecule has 2 aromatic rings. The van der Waals surface area contributed by atoms with Gasteiger partial charge in [0.05, 0.1) is 19.9 Å². The van der Waals surface area contributed by atoms with E-state index in [1.807, 2.05) is 18.2 Å². The monoisotopic (exact) mass is 264 g/mol. The molecule has 0 saturated heterocycles. The molecule has 0 unspecified atom stereocenters. The topological polar surface area (TPSA) is 44.2 Å². The summed E-state index contributed by atoms with van der Waals surface area (Å²) in [5.74, 6) is 1.97. The first kappa shape index (κ1) is 12.6. The Hall–Kier alpha value is -1.81. The average Bonchev–Trinajstić information content (AvgIpc) is 2.36. The van der Waals surface area contributed by atoms with E-state index in [-0.39, 0.29) is 0 Å². The van der Waals surface area contributed by atoms with Crippen molar-refractivity contribution in [2.75, 3.05) is 14.2 Å². The van der Waals surface area contributed by atoms with Gasteiger partial charge < -0.3 is 9.47 Å². The SMILES string of the molecule is COc1ccc(-c2cc(Cl)nc(C)n2)cc1OC. The van der Waals surface area contributed by atoms with E-state index < -0.39 is 0 Å². The number of hydrogen-bond donors (Lipinski definition) is 0. The van der Waals surface area contributed by atoms with E-state index >= 15 is 0 Å². The van der Waals surface area contributed by atoms with Crippen molar-refractivity contribution in [3.05, 3.63) is 35.2 Å². The predicted molar refractivity (Wildman–Crippen MR) is 70.3 cm³/mol. The number of aromatic nitrogens is 2. The average molecular weight is 265 g/mol. The summed E-state index contributed by atoms with van der Waals surface area (Å²) in [6.45, 7) is 1.80. The number of methoxy groups -OCH3 is 2.